The van der Waals surface area contributed by atoms with Crippen LogP contribution < -0.4 is 0 Å². The van der Waals surface area contributed by atoms with E-state index in [0.717, 1.165) is 0 Å². The fourth-order valence-electron chi connectivity index (χ4n) is 0.843. The molecule has 0 N–H and O–H groups in total. The molecular formula is C11H16. The van der Waals surface area contributed by atoms with Gasteiger partial charge >= 0.3 is 0 Å². The van der Waals surface area contributed by atoms with Crippen molar-refractivity contribution in [2.24, 2.45) is 0 Å². The summed E-state index contributed by atoms with van der Waals surface area (Å²) in [5.74, 6) is 0. The van der Waals surface area contributed by atoms with Crippen LogP contribution in [-0.2, 0) is 0 Å². The average molecular weight is 148 g/mol. The van der Waals surface area contributed by atoms with E-state index in [2.05, 4.69) is 25.7 Å². The van der Waals surface area contributed by atoms with Gasteiger partial charge in [-0.15, -0.1) is 0 Å². The van der Waals surface area contributed by atoms with E-state index in [0.29, 0.717) is 0 Å². The Morgan fingerprint density at radius 2 is 1.91 bits per heavy atom. The van der Waals surface area contributed by atoms with Crippen LogP contribution in [0.15, 0.2) is 48.1 Å². The molecule has 0 spiro atoms. The number of hydrogen-bond donors (Lipinski definition) is 0. The van der Waals surface area contributed by atoms with Gasteiger partial charge in [0.25, 0.3) is 0 Å². The fourth-order valence-corrected chi connectivity index (χ4v) is 0.843. The second-order valence-corrected chi connectivity index (χ2v) is 2.32. The summed E-state index contributed by atoms with van der Waals surface area (Å²) in [4.78, 5) is 0. The van der Waals surface area contributed by atoms with Crippen LogP contribution in [0.1, 0.15) is 20.8 Å². The molecule has 0 aromatic carbocycles. The van der Waals surface area contributed by atoms with Gasteiger partial charge in [-0.25, -0.2) is 0 Å². The molecule has 0 heterocycles. The van der Waals surface area contributed by atoms with E-state index < -0.39 is 0 Å². The smallest absolute Gasteiger partial charge is 0.0276 e. The number of rotatable bonds is 3. The molecule has 0 saturated heterocycles. The van der Waals surface area contributed by atoms with Crippen molar-refractivity contribution in [2.75, 3.05) is 0 Å². The first-order valence-electron chi connectivity index (χ1n) is 3.85. The molecule has 0 aromatic rings. The van der Waals surface area contributed by atoms with Crippen molar-refractivity contribution < 1.29 is 0 Å². The third-order valence-corrected chi connectivity index (χ3v) is 1.52. The van der Waals surface area contributed by atoms with Crippen LogP contribution in [0.4, 0.5) is 0 Å². The maximum Gasteiger partial charge on any atom is -0.0276 e. The van der Waals surface area contributed by atoms with Gasteiger partial charge in [0.05, 0.1) is 0 Å². The van der Waals surface area contributed by atoms with E-state index in [1.165, 1.54) is 11.1 Å². The van der Waals surface area contributed by atoms with Crippen LogP contribution in [0.5, 0.6) is 0 Å². The van der Waals surface area contributed by atoms with Gasteiger partial charge in [-0.1, -0.05) is 37.0 Å². The predicted octanol–water partition coefficient (Wildman–Crippen LogP) is 3.64. The third-order valence-electron chi connectivity index (χ3n) is 1.52. The summed E-state index contributed by atoms with van der Waals surface area (Å²) in [5.41, 5.74) is 2.45. The molecule has 0 heteroatoms. The lowest BCUT2D eigenvalue weighted by Gasteiger charge is -1.97. The highest BCUT2D eigenvalue weighted by molar-refractivity contribution is 5.38. The van der Waals surface area contributed by atoms with E-state index in [9.17, 15) is 0 Å². The van der Waals surface area contributed by atoms with Gasteiger partial charge in [-0.2, -0.15) is 0 Å². The van der Waals surface area contributed by atoms with Gasteiger partial charge in [0, 0.05) is 0 Å². The second kappa shape index (κ2) is 5.72. The van der Waals surface area contributed by atoms with Crippen molar-refractivity contribution in [3.05, 3.63) is 48.1 Å². The standard InChI is InChI=1S/C11H16/c1-5-8-9-10(4)11(6-2)7-3/h5-9H,2H2,1,3-4H3/b8-5-,10-9+,11-7+. The van der Waals surface area contributed by atoms with Crippen LogP contribution in [0.2, 0.25) is 0 Å². The molecule has 0 aliphatic carbocycles. The molecule has 0 fully saturated rings. The molecule has 0 atom stereocenters. The minimum Gasteiger partial charge on any atom is -0.0985 e. The Balaban J connectivity index is 4.44. The molecule has 0 aliphatic heterocycles. The van der Waals surface area contributed by atoms with Crippen molar-refractivity contribution in [1.29, 1.82) is 0 Å². The van der Waals surface area contributed by atoms with Gasteiger partial charge in [0.1, 0.15) is 0 Å². The lowest BCUT2D eigenvalue weighted by Crippen LogP contribution is -1.77. The van der Waals surface area contributed by atoms with Crippen LogP contribution in [-0.4, -0.2) is 0 Å². The lowest BCUT2D eigenvalue weighted by molar-refractivity contribution is 1.41. The molecular weight excluding hydrogens is 132 g/mol. The zero-order valence-electron chi connectivity index (χ0n) is 7.59. The molecule has 0 aliphatic rings. The van der Waals surface area contributed by atoms with E-state index >= 15 is 0 Å². The molecule has 0 aromatic heterocycles. The van der Waals surface area contributed by atoms with Crippen molar-refractivity contribution in [3.63, 3.8) is 0 Å². The maximum absolute atomic E-state index is 3.73. The van der Waals surface area contributed by atoms with Crippen molar-refractivity contribution >= 4 is 0 Å². The monoisotopic (exact) mass is 148 g/mol. The SMILES string of the molecule is C=CC(=C\C)/C(C)=C/C=C\C. The first kappa shape index (κ1) is 9.96. The molecule has 0 bridgehead atoms. The highest BCUT2D eigenvalue weighted by Crippen LogP contribution is 2.09. The lowest BCUT2D eigenvalue weighted by atomic mass is 10.1. The van der Waals surface area contributed by atoms with Gasteiger partial charge in [-0.05, 0) is 31.9 Å². The van der Waals surface area contributed by atoms with Crippen molar-refractivity contribution in [2.45, 2.75) is 20.8 Å². The van der Waals surface area contributed by atoms with Gasteiger partial charge in [-0.3, -0.25) is 0 Å². The summed E-state index contributed by atoms with van der Waals surface area (Å²) in [6.07, 6.45) is 10.1. The van der Waals surface area contributed by atoms with Gasteiger partial charge in [0.2, 0.25) is 0 Å². The van der Waals surface area contributed by atoms with Gasteiger partial charge < -0.3 is 0 Å². The fraction of sp³-hybridized carbons (Fsp3) is 0.273. The zero-order chi connectivity index (χ0) is 8.69. The number of hydrogen-bond acceptors (Lipinski definition) is 0. The van der Waals surface area contributed by atoms with E-state index in [1.807, 2.05) is 32.1 Å². The minimum atomic E-state index is 1.20. The molecule has 0 rings (SSSR count). The maximum atomic E-state index is 3.73. The van der Waals surface area contributed by atoms with E-state index in [-0.39, 0.29) is 0 Å². The summed E-state index contributed by atoms with van der Waals surface area (Å²) in [6.45, 7) is 9.83. The highest BCUT2D eigenvalue weighted by Gasteiger charge is 1.89. The first-order chi connectivity index (χ1) is 5.26. The Bertz CT molecular complexity index is 202. The summed E-state index contributed by atoms with van der Waals surface area (Å²) < 4.78 is 0. The molecule has 60 valence electrons. The Morgan fingerprint density at radius 1 is 1.27 bits per heavy atom. The van der Waals surface area contributed by atoms with E-state index in [4.69, 9.17) is 0 Å². The van der Waals surface area contributed by atoms with E-state index in [1.54, 1.807) is 0 Å². The molecule has 0 unspecified atom stereocenters. The van der Waals surface area contributed by atoms with Crippen molar-refractivity contribution in [1.82, 2.24) is 0 Å². The van der Waals surface area contributed by atoms with Crippen LogP contribution in [0, 0.1) is 0 Å². The van der Waals surface area contributed by atoms with Gasteiger partial charge in [0.15, 0.2) is 0 Å². The Morgan fingerprint density at radius 3 is 2.27 bits per heavy atom. The van der Waals surface area contributed by atoms with Crippen molar-refractivity contribution in [3.8, 4) is 0 Å². The highest BCUT2D eigenvalue weighted by atomic mass is 13.9. The molecule has 11 heavy (non-hydrogen) atoms. The summed E-state index contributed by atoms with van der Waals surface area (Å²) in [5, 5.41) is 0. The van der Waals surface area contributed by atoms with Crippen LogP contribution in [0.3, 0.4) is 0 Å². The number of allylic oxidation sites excluding steroid dienone is 7. The summed E-state index contributed by atoms with van der Waals surface area (Å²) >= 11 is 0. The third kappa shape index (κ3) is 3.61. The van der Waals surface area contributed by atoms with Crippen LogP contribution >= 0.6 is 0 Å². The molecule has 0 nitrogen and oxygen atoms in total. The first-order valence-corrected chi connectivity index (χ1v) is 3.85. The zero-order valence-corrected chi connectivity index (χ0v) is 7.59. The molecule has 0 saturated carbocycles. The quantitative estimate of drug-likeness (QED) is 0.536. The largest absolute Gasteiger partial charge is 0.0985 e. The Hall–Kier alpha value is -1.04. The predicted molar refractivity (Wildman–Crippen MR) is 52.5 cm³/mol. The average Bonchev–Trinajstić information content (AvgIpc) is 2.03. The normalized spacial score (nSPS) is 14.1. The summed E-state index contributed by atoms with van der Waals surface area (Å²) in [7, 11) is 0. The topological polar surface area (TPSA) is 0 Å². The second-order valence-electron chi connectivity index (χ2n) is 2.32. The van der Waals surface area contributed by atoms with Crippen LogP contribution in [0.25, 0.3) is 0 Å². The molecule has 0 amide bonds. The molecule has 0 radical (unpaired) electrons. The Kier molecular flexibility index (Phi) is 5.18. The minimum absolute atomic E-state index is 1.20. The summed E-state index contributed by atoms with van der Waals surface area (Å²) in [6, 6.07) is 0. The Labute approximate surface area is 69.6 Å².